The molecule has 0 amide bonds. The quantitative estimate of drug-likeness (QED) is 0.640. The van der Waals surface area contributed by atoms with Crippen molar-refractivity contribution in [3.05, 3.63) is 35.4 Å². The molecule has 21 heavy (non-hydrogen) atoms. The van der Waals surface area contributed by atoms with Gasteiger partial charge in [0.1, 0.15) is 0 Å². The SMILES string of the molecule is Cc1ccccc1C(CCCCCCCC(=O)O)C(=O)O. The van der Waals surface area contributed by atoms with Crippen LogP contribution in [0.4, 0.5) is 0 Å². The van der Waals surface area contributed by atoms with Gasteiger partial charge in [-0.05, 0) is 30.9 Å². The van der Waals surface area contributed by atoms with Crippen LogP contribution in [0.1, 0.15) is 62.0 Å². The fourth-order valence-corrected chi connectivity index (χ4v) is 2.54. The number of carboxylic acid groups (broad SMARTS) is 2. The first-order valence-corrected chi connectivity index (χ1v) is 7.52. The highest BCUT2D eigenvalue weighted by Crippen LogP contribution is 2.25. The van der Waals surface area contributed by atoms with Gasteiger partial charge in [-0.15, -0.1) is 0 Å². The zero-order valence-corrected chi connectivity index (χ0v) is 12.5. The molecule has 0 spiro atoms. The van der Waals surface area contributed by atoms with Gasteiger partial charge in [-0.1, -0.05) is 49.9 Å². The molecule has 1 rings (SSSR count). The molecule has 4 heteroatoms. The predicted molar refractivity (Wildman–Crippen MR) is 81.5 cm³/mol. The van der Waals surface area contributed by atoms with Crippen LogP contribution in [0, 0.1) is 6.92 Å². The summed E-state index contributed by atoms with van der Waals surface area (Å²) in [6.45, 7) is 1.94. The highest BCUT2D eigenvalue weighted by Gasteiger charge is 2.20. The molecule has 2 N–H and O–H groups in total. The summed E-state index contributed by atoms with van der Waals surface area (Å²) in [5, 5.41) is 17.9. The molecule has 1 unspecified atom stereocenters. The molecular formula is C17H24O4. The number of rotatable bonds is 10. The number of aliphatic carboxylic acids is 2. The molecule has 0 heterocycles. The topological polar surface area (TPSA) is 74.6 Å². The van der Waals surface area contributed by atoms with E-state index in [0.717, 1.165) is 36.8 Å². The van der Waals surface area contributed by atoms with Gasteiger partial charge in [0.2, 0.25) is 0 Å². The third-order valence-corrected chi connectivity index (χ3v) is 3.75. The Morgan fingerprint density at radius 1 is 1.00 bits per heavy atom. The van der Waals surface area contributed by atoms with E-state index < -0.39 is 17.9 Å². The van der Waals surface area contributed by atoms with Crippen molar-refractivity contribution in [1.82, 2.24) is 0 Å². The first-order valence-electron chi connectivity index (χ1n) is 7.52. The van der Waals surface area contributed by atoms with Crippen LogP contribution in [-0.2, 0) is 9.59 Å². The predicted octanol–water partition coefficient (Wildman–Crippen LogP) is 3.98. The number of hydrogen-bond donors (Lipinski definition) is 2. The fourth-order valence-electron chi connectivity index (χ4n) is 2.54. The van der Waals surface area contributed by atoms with Gasteiger partial charge in [0.25, 0.3) is 0 Å². The van der Waals surface area contributed by atoms with Crippen LogP contribution in [0.15, 0.2) is 24.3 Å². The highest BCUT2D eigenvalue weighted by molar-refractivity contribution is 5.76. The highest BCUT2D eigenvalue weighted by atomic mass is 16.4. The molecule has 0 fully saturated rings. The van der Waals surface area contributed by atoms with Crippen molar-refractivity contribution in [3.8, 4) is 0 Å². The third-order valence-electron chi connectivity index (χ3n) is 3.75. The number of unbranched alkanes of at least 4 members (excludes halogenated alkanes) is 4. The zero-order chi connectivity index (χ0) is 15.7. The van der Waals surface area contributed by atoms with Crippen LogP contribution in [0.2, 0.25) is 0 Å². The minimum absolute atomic E-state index is 0.223. The van der Waals surface area contributed by atoms with Gasteiger partial charge in [-0.25, -0.2) is 0 Å². The van der Waals surface area contributed by atoms with Crippen molar-refractivity contribution in [2.45, 2.75) is 57.8 Å². The second-order valence-electron chi connectivity index (χ2n) is 5.45. The lowest BCUT2D eigenvalue weighted by atomic mass is 9.90. The number of hydrogen-bond acceptors (Lipinski definition) is 2. The second-order valence-corrected chi connectivity index (χ2v) is 5.45. The van der Waals surface area contributed by atoms with E-state index in [4.69, 9.17) is 5.11 Å². The van der Waals surface area contributed by atoms with E-state index >= 15 is 0 Å². The van der Waals surface area contributed by atoms with E-state index in [-0.39, 0.29) is 6.42 Å². The van der Waals surface area contributed by atoms with Crippen molar-refractivity contribution >= 4 is 11.9 Å². The van der Waals surface area contributed by atoms with Crippen LogP contribution >= 0.6 is 0 Å². The smallest absolute Gasteiger partial charge is 0.310 e. The fraction of sp³-hybridized carbons (Fsp3) is 0.529. The van der Waals surface area contributed by atoms with Gasteiger partial charge in [0, 0.05) is 6.42 Å². The van der Waals surface area contributed by atoms with Gasteiger partial charge < -0.3 is 10.2 Å². The second kappa shape index (κ2) is 9.16. The average molecular weight is 292 g/mol. The molecule has 0 bridgehead atoms. The van der Waals surface area contributed by atoms with Crippen molar-refractivity contribution in [3.63, 3.8) is 0 Å². The van der Waals surface area contributed by atoms with Gasteiger partial charge in [0.15, 0.2) is 0 Å². The van der Waals surface area contributed by atoms with E-state index in [1.165, 1.54) is 0 Å². The van der Waals surface area contributed by atoms with Crippen molar-refractivity contribution < 1.29 is 19.8 Å². The minimum atomic E-state index is -0.768. The molecule has 1 aromatic carbocycles. The molecule has 0 aliphatic rings. The summed E-state index contributed by atoms with van der Waals surface area (Å²) in [5.41, 5.74) is 1.92. The Bertz CT molecular complexity index is 468. The van der Waals surface area contributed by atoms with Gasteiger partial charge in [-0.2, -0.15) is 0 Å². The van der Waals surface area contributed by atoms with Crippen molar-refractivity contribution in [2.75, 3.05) is 0 Å². The van der Waals surface area contributed by atoms with E-state index in [9.17, 15) is 14.7 Å². The third kappa shape index (κ3) is 6.43. The summed E-state index contributed by atoms with van der Waals surface area (Å²) in [4.78, 5) is 21.8. The van der Waals surface area contributed by atoms with E-state index in [2.05, 4.69) is 0 Å². The largest absolute Gasteiger partial charge is 0.481 e. The first-order chi connectivity index (χ1) is 10.0. The van der Waals surface area contributed by atoms with Gasteiger partial charge >= 0.3 is 11.9 Å². The van der Waals surface area contributed by atoms with Crippen LogP contribution in [0.5, 0.6) is 0 Å². The molecule has 0 aliphatic heterocycles. The van der Waals surface area contributed by atoms with Crippen molar-refractivity contribution in [1.29, 1.82) is 0 Å². The molecule has 4 nitrogen and oxygen atoms in total. The van der Waals surface area contributed by atoms with Crippen LogP contribution < -0.4 is 0 Å². The normalized spacial score (nSPS) is 12.0. The summed E-state index contributed by atoms with van der Waals surface area (Å²) in [6, 6.07) is 7.63. The molecule has 0 radical (unpaired) electrons. The van der Waals surface area contributed by atoms with Crippen LogP contribution in [0.25, 0.3) is 0 Å². The standard InChI is InChI=1S/C17H24O4/c1-13-9-7-8-10-14(13)15(17(20)21)11-5-3-2-4-6-12-16(18)19/h7-10,15H,2-6,11-12H2,1H3,(H,18,19)(H,20,21). The summed E-state index contributed by atoms with van der Waals surface area (Å²) in [7, 11) is 0. The molecular weight excluding hydrogens is 268 g/mol. The molecule has 0 aliphatic carbocycles. The summed E-state index contributed by atoms with van der Waals surface area (Å²) >= 11 is 0. The Hall–Kier alpha value is -1.84. The van der Waals surface area contributed by atoms with Crippen LogP contribution in [-0.4, -0.2) is 22.2 Å². The molecule has 1 atom stereocenters. The summed E-state index contributed by atoms with van der Waals surface area (Å²) in [6.07, 6.45) is 5.24. The lowest BCUT2D eigenvalue weighted by molar-refractivity contribution is -0.139. The van der Waals surface area contributed by atoms with Gasteiger partial charge in [0.05, 0.1) is 5.92 Å². The van der Waals surface area contributed by atoms with E-state index in [1.807, 2.05) is 31.2 Å². The summed E-state index contributed by atoms with van der Waals surface area (Å²) in [5.74, 6) is -1.96. The number of carbonyl (C=O) groups is 2. The number of aryl methyl sites for hydroxylation is 1. The average Bonchev–Trinajstić information content (AvgIpc) is 2.42. The van der Waals surface area contributed by atoms with E-state index in [0.29, 0.717) is 12.8 Å². The van der Waals surface area contributed by atoms with E-state index in [1.54, 1.807) is 0 Å². The molecule has 116 valence electrons. The zero-order valence-electron chi connectivity index (χ0n) is 12.5. The monoisotopic (exact) mass is 292 g/mol. The van der Waals surface area contributed by atoms with Crippen LogP contribution in [0.3, 0.4) is 0 Å². The lowest BCUT2D eigenvalue weighted by Crippen LogP contribution is -2.12. The Morgan fingerprint density at radius 3 is 2.24 bits per heavy atom. The first kappa shape index (κ1) is 17.2. The maximum absolute atomic E-state index is 11.4. The Morgan fingerprint density at radius 2 is 1.62 bits per heavy atom. The van der Waals surface area contributed by atoms with Gasteiger partial charge in [-0.3, -0.25) is 9.59 Å². The Kier molecular flexibility index (Phi) is 7.51. The lowest BCUT2D eigenvalue weighted by Gasteiger charge is -2.15. The Labute approximate surface area is 125 Å². The molecule has 1 aromatic rings. The molecule has 0 saturated carbocycles. The molecule has 0 saturated heterocycles. The minimum Gasteiger partial charge on any atom is -0.481 e. The Balaban J connectivity index is 2.35. The summed E-state index contributed by atoms with van der Waals surface area (Å²) < 4.78 is 0. The number of carboxylic acids is 2. The number of benzene rings is 1. The maximum atomic E-state index is 11.4. The van der Waals surface area contributed by atoms with Crippen molar-refractivity contribution in [2.24, 2.45) is 0 Å². The molecule has 0 aromatic heterocycles. The maximum Gasteiger partial charge on any atom is 0.310 e.